The van der Waals surface area contributed by atoms with Crippen LogP contribution in [0.25, 0.3) is 0 Å². The number of ether oxygens (including phenoxy) is 1. The van der Waals surface area contributed by atoms with Crippen molar-refractivity contribution in [1.29, 1.82) is 5.26 Å². The molecule has 1 heterocycles. The smallest absolute Gasteiger partial charge is 0.150 e. The normalized spacial score (nSPS) is 9.65. The Balaban J connectivity index is 2.28. The molecule has 0 spiro atoms. The molecule has 0 unspecified atom stereocenters. The molecule has 0 saturated heterocycles. The Morgan fingerprint density at radius 1 is 1.29 bits per heavy atom. The maximum atomic E-state index is 8.71. The molecule has 1 aromatic carbocycles. The summed E-state index contributed by atoms with van der Waals surface area (Å²) >= 11 is 5.78. The third kappa shape index (κ3) is 2.65. The second-order valence-corrected chi connectivity index (χ2v) is 3.71. The molecule has 1 aromatic heterocycles. The number of halogens is 1. The highest BCUT2D eigenvalue weighted by Crippen LogP contribution is 2.29. The molecular formula is C12H8ClN3O. The van der Waals surface area contributed by atoms with Gasteiger partial charge in [0.2, 0.25) is 0 Å². The average Bonchev–Trinajstić information content (AvgIpc) is 2.33. The molecule has 0 fully saturated rings. The molecule has 0 amide bonds. The van der Waals surface area contributed by atoms with Gasteiger partial charge in [-0.25, -0.2) is 4.98 Å². The van der Waals surface area contributed by atoms with Gasteiger partial charge in [0.15, 0.2) is 0 Å². The number of aromatic nitrogens is 1. The molecule has 0 aliphatic heterocycles. The van der Waals surface area contributed by atoms with Gasteiger partial charge in [0, 0.05) is 17.3 Å². The van der Waals surface area contributed by atoms with E-state index in [0.717, 1.165) is 0 Å². The standard InChI is InChI=1S/C12H8ClN3O/c13-8-1-2-12(11(15)5-8)17-10-3-4-16-9(6-10)7-14/h1-6H,15H2. The number of pyridine rings is 1. The van der Waals surface area contributed by atoms with Gasteiger partial charge in [0.25, 0.3) is 0 Å². The van der Waals surface area contributed by atoms with E-state index in [2.05, 4.69) is 4.98 Å². The van der Waals surface area contributed by atoms with Crippen molar-refractivity contribution in [3.05, 3.63) is 47.2 Å². The fourth-order valence-electron chi connectivity index (χ4n) is 1.28. The number of nitrogens with two attached hydrogens (primary N) is 1. The van der Waals surface area contributed by atoms with Crippen molar-refractivity contribution >= 4 is 17.3 Å². The molecule has 2 aromatic rings. The maximum absolute atomic E-state index is 8.71. The highest BCUT2D eigenvalue weighted by Gasteiger charge is 2.04. The van der Waals surface area contributed by atoms with E-state index in [9.17, 15) is 0 Å². The second kappa shape index (κ2) is 4.73. The second-order valence-electron chi connectivity index (χ2n) is 3.27. The summed E-state index contributed by atoms with van der Waals surface area (Å²) in [7, 11) is 0. The van der Waals surface area contributed by atoms with E-state index in [-0.39, 0.29) is 5.69 Å². The third-order valence-corrected chi connectivity index (χ3v) is 2.28. The topological polar surface area (TPSA) is 71.9 Å². The zero-order valence-electron chi connectivity index (χ0n) is 8.72. The molecule has 17 heavy (non-hydrogen) atoms. The monoisotopic (exact) mass is 245 g/mol. The van der Waals surface area contributed by atoms with Crippen LogP contribution in [-0.4, -0.2) is 4.98 Å². The quantitative estimate of drug-likeness (QED) is 0.826. The Morgan fingerprint density at radius 3 is 2.82 bits per heavy atom. The Morgan fingerprint density at radius 2 is 2.12 bits per heavy atom. The lowest BCUT2D eigenvalue weighted by atomic mass is 10.3. The fraction of sp³-hybridized carbons (Fsp3) is 0. The minimum Gasteiger partial charge on any atom is -0.455 e. The van der Waals surface area contributed by atoms with E-state index in [1.165, 1.54) is 12.3 Å². The summed E-state index contributed by atoms with van der Waals surface area (Å²) in [5.41, 5.74) is 6.47. The van der Waals surface area contributed by atoms with Gasteiger partial charge >= 0.3 is 0 Å². The molecule has 0 bridgehead atoms. The lowest BCUT2D eigenvalue weighted by Gasteiger charge is -2.08. The van der Waals surface area contributed by atoms with Gasteiger partial charge < -0.3 is 10.5 Å². The van der Waals surface area contributed by atoms with Gasteiger partial charge in [-0.15, -0.1) is 0 Å². The van der Waals surface area contributed by atoms with Gasteiger partial charge in [0.05, 0.1) is 5.69 Å². The molecule has 84 valence electrons. The summed E-state index contributed by atoms with van der Waals surface area (Å²) in [5.74, 6) is 0.995. The van der Waals surface area contributed by atoms with E-state index < -0.39 is 0 Å². The van der Waals surface area contributed by atoms with Crippen molar-refractivity contribution in [3.8, 4) is 17.6 Å². The van der Waals surface area contributed by atoms with E-state index in [1.807, 2.05) is 6.07 Å². The SMILES string of the molecule is N#Cc1cc(Oc2ccc(Cl)cc2N)ccn1. The lowest BCUT2D eigenvalue weighted by Crippen LogP contribution is -1.92. The Labute approximate surface area is 103 Å². The number of benzene rings is 1. The first-order valence-electron chi connectivity index (χ1n) is 4.78. The van der Waals surface area contributed by atoms with Crippen LogP contribution >= 0.6 is 11.6 Å². The van der Waals surface area contributed by atoms with Crippen LogP contribution in [0.1, 0.15) is 5.69 Å². The molecule has 2 rings (SSSR count). The average molecular weight is 246 g/mol. The van der Waals surface area contributed by atoms with Gasteiger partial charge in [-0.3, -0.25) is 0 Å². The first-order chi connectivity index (χ1) is 8.19. The van der Waals surface area contributed by atoms with Crippen LogP contribution in [0.4, 0.5) is 5.69 Å². The van der Waals surface area contributed by atoms with Crippen molar-refractivity contribution in [2.24, 2.45) is 0 Å². The molecule has 0 atom stereocenters. The van der Waals surface area contributed by atoms with E-state index in [1.54, 1.807) is 24.3 Å². The van der Waals surface area contributed by atoms with Crippen LogP contribution in [0.15, 0.2) is 36.5 Å². The third-order valence-electron chi connectivity index (χ3n) is 2.05. The summed E-state index contributed by atoms with van der Waals surface area (Å²) in [5, 5.41) is 9.25. The van der Waals surface area contributed by atoms with E-state index >= 15 is 0 Å². The number of nitrogen functional groups attached to an aromatic ring is 1. The first kappa shape index (κ1) is 11.2. The summed E-state index contributed by atoms with van der Waals surface area (Å²) in [6.45, 7) is 0. The maximum Gasteiger partial charge on any atom is 0.150 e. The van der Waals surface area contributed by atoms with E-state index in [4.69, 9.17) is 27.3 Å². The van der Waals surface area contributed by atoms with Gasteiger partial charge in [-0.1, -0.05) is 11.6 Å². The Bertz CT molecular complexity index is 593. The molecule has 5 heteroatoms. The highest BCUT2D eigenvalue weighted by atomic mass is 35.5. The number of hydrogen-bond donors (Lipinski definition) is 1. The predicted octanol–water partition coefficient (Wildman–Crippen LogP) is 2.98. The zero-order chi connectivity index (χ0) is 12.3. The zero-order valence-corrected chi connectivity index (χ0v) is 9.48. The van der Waals surface area contributed by atoms with Gasteiger partial charge in [0.1, 0.15) is 23.3 Å². The van der Waals surface area contributed by atoms with Crippen molar-refractivity contribution < 1.29 is 4.74 Å². The van der Waals surface area contributed by atoms with Gasteiger partial charge in [-0.05, 0) is 24.3 Å². The number of anilines is 1. The largest absolute Gasteiger partial charge is 0.455 e. The van der Waals surface area contributed by atoms with Crippen LogP contribution in [0.5, 0.6) is 11.5 Å². The van der Waals surface area contributed by atoms with Crippen LogP contribution in [0.2, 0.25) is 5.02 Å². The van der Waals surface area contributed by atoms with Crippen molar-refractivity contribution in [2.75, 3.05) is 5.73 Å². The highest BCUT2D eigenvalue weighted by molar-refractivity contribution is 6.30. The van der Waals surface area contributed by atoms with Crippen LogP contribution < -0.4 is 10.5 Å². The summed E-state index contributed by atoms with van der Waals surface area (Å²) in [6, 6.07) is 10.1. The number of rotatable bonds is 2. The molecule has 4 nitrogen and oxygen atoms in total. The number of hydrogen-bond acceptors (Lipinski definition) is 4. The minimum atomic E-state index is 0.287. The molecule has 0 saturated carbocycles. The molecule has 2 N–H and O–H groups in total. The molecular weight excluding hydrogens is 238 g/mol. The number of nitriles is 1. The first-order valence-corrected chi connectivity index (χ1v) is 5.16. The lowest BCUT2D eigenvalue weighted by molar-refractivity contribution is 0.484. The van der Waals surface area contributed by atoms with Crippen LogP contribution in [-0.2, 0) is 0 Å². The van der Waals surface area contributed by atoms with Gasteiger partial charge in [-0.2, -0.15) is 5.26 Å². The summed E-state index contributed by atoms with van der Waals surface area (Å²) in [6.07, 6.45) is 1.50. The summed E-state index contributed by atoms with van der Waals surface area (Å²) in [4.78, 5) is 3.84. The van der Waals surface area contributed by atoms with Crippen molar-refractivity contribution in [2.45, 2.75) is 0 Å². The van der Waals surface area contributed by atoms with Crippen LogP contribution in [0.3, 0.4) is 0 Å². The Kier molecular flexibility index (Phi) is 3.12. The molecule has 0 radical (unpaired) electrons. The van der Waals surface area contributed by atoms with Crippen molar-refractivity contribution in [3.63, 3.8) is 0 Å². The van der Waals surface area contributed by atoms with E-state index in [0.29, 0.717) is 22.2 Å². The minimum absolute atomic E-state index is 0.287. The molecule has 0 aliphatic rings. The van der Waals surface area contributed by atoms with Crippen LogP contribution in [0, 0.1) is 11.3 Å². The Hall–Kier alpha value is -2.25. The molecule has 0 aliphatic carbocycles. The fourth-order valence-corrected chi connectivity index (χ4v) is 1.46. The summed E-state index contributed by atoms with van der Waals surface area (Å²) < 4.78 is 5.53. The number of nitrogens with zero attached hydrogens (tertiary/aromatic N) is 2. The predicted molar refractivity (Wildman–Crippen MR) is 64.9 cm³/mol. The van der Waals surface area contributed by atoms with Crippen molar-refractivity contribution in [1.82, 2.24) is 4.98 Å².